The molecule has 5 heterocycles. The van der Waals surface area contributed by atoms with Gasteiger partial charge in [0, 0.05) is 11.3 Å². The summed E-state index contributed by atoms with van der Waals surface area (Å²) in [6.45, 7) is 0. The van der Waals surface area contributed by atoms with Gasteiger partial charge in [-0.3, -0.25) is 42.5 Å². The Bertz CT molecular complexity index is 959. The quantitative estimate of drug-likeness (QED) is 0.147. The molecule has 0 aromatic carbocycles. The molecule has 4 saturated carbocycles. The molecule has 0 radical (unpaired) electrons. The number of nitrogens with one attached hydrogen (secondary N) is 8. The Morgan fingerprint density at radius 3 is 0.905 bits per heavy atom. The van der Waals surface area contributed by atoms with E-state index in [1.54, 1.807) is 0 Å². The molecular formula is C32H58ClGaN8. The SMILES string of the molecule is ClC1CCCC2C3NC4NC(NC5NC(NC6NC(NC(N3)C12)C1CCCCC61)C1CCCCC51)C1CCCCC41.[GaH3]. The van der Waals surface area contributed by atoms with E-state index >= 15 is 0 Å². The minimum atomic E-state index is 0. The first kappa shape index (κ1) is 30.0. The Labute approximate surface area is 271 Å². The van der Waals surface area contributed by atoms with Crippen molar-refractivity contribution in [3.63, 3.8) is 0 Å². The zero-order valence-corrected chi connectivity index (χ0v) is 25.6. The van der Waals surface area contributed by atoms with Crippen LogP contribution in [0, 0.1) is 47.3 Å². The van der Waals surface area contributed by atoms with Crippen LogP contribution in [0.15, 0.2) is 0 Å². The van der Waals surface area contributed by atoms with Crippen LogP contribution in [0.4, 0.5) is 0 Å². The summed E-state index contributed by atoms with van der Waals surface area (Å²) in [6, 6.07) is 0. The van der Waals surface area contributed by atoms with Gasteiger partial charge in [-0.25, -0.2) is 0 Å². The van der Waals surface area contributed by atoms with E-state index in [1.165, 1.54) is 89.9 Å². The van der Waals surface area contributed by atoms with Crippen molar-refractivity contribution >= 4 is 31.4 Å². The molecule has 4 aliphatic carbocycles. The third-order valence-corrected chi connectivity index (χ3v) is 14.3. The van der Waals surface area contributed by atoms with Crippen molar-refractivity contribution in [2.24, 2.45) is 47.3 Å². The summed E-state index contributed by atoms with van der Waals surface area (Å²) in [4.78, 5) is 0. The van der Waals surface area contributed by atoms with E-state index in [9.17, 15) is 0 Å². The molecule has 42 heavy (non-hydrogen) atoms. The third kappa shape index (κ3) is 5.11. The zero-order chi connectivity index (χ0) is 27.1. The van der Waals surface area contributed by atoms with Crippen molar-refractivity contribution in [3.05, 3.63) is 0 Å². The van der Waals surface area contributed by atoms with Crippen molar-refractivity contribution in [3.8, 4) is 0 Å². The first-order valence-corrected chi connectivity index (χ1v) is 18.4. The van der Waals surface area contributed by atoms with E-state index in [-0.39, 0.29) is 31.3 Å². The predicted molar refractivity (Wildman–Crippen MR) is 172 cm³/mol. The van der Waals surface area contributed by atoms with Crippen LogP contribution in [0.1, 0.15) is 96.3 Å². The number of fused-ring (bicyclic) bond motifs is 20. The van der Waals surface area contributed by atoms with Crippen molar-refractivity contribution in [2.75, 3.05) is 0 Å². The Balaban J connectivity index is 0.00000267. The molecule has 10 heteroatoms. The Kier molecular flexibility index (Phi) is 8.80. The molecule has 8 nitrogen and oxygen atoms in total. The number of halogens is 1. The van der Waals surface area contributed by atoms with Crippen molar-refractivity contribution in [1.29, 1.82) is 0 Å². The third-order valence-electron chi connectivity index (χ3n) is 13.8. The van der Waals surface area contributed by atoms with E-state index in [1.807, 2.05) is 0 Å². The fraction of sp³-hybridized carbons (Fsp3) is 1.00. The van der Waals surface area contributed by atoms with E-state index in [0.717, 1.165) is 18.3 Å². The molecule has 9 fully saturated rings. The van der Waals surface area contributed by atoms with Gasteiger partial charge in [0.15, 0.2) is 0 Å². The van der Waals surface area contributed by atoms with Crippen molar-refractivity contribution in [1.82, 2.24) is 42.5 Å². The van der Waals surface area contributed by atoms with Crippen LogP contribution in [-0.2, 0) is 0 Å². The summed E-state index contributed by atoms with van der Waals surface area (Å²) in [6.07, 6.45) is 22.9. The molecule has 8 bridgehead atoms. The number of hydrogen-bond donors (Lipinski definition) is 8. The summed E-state index contributed by atoms with van der Waals surface area (Å²) >= 11 is 7.19. The fourth-order valence-corrected chi connectivity index (χ4v) is 12.5. The van der Waals surface area contributed by atoms with E-state index in [0.29, 0.717) is 78.7 Å². The van der Waals surface area contributed by atoms with Gasteiger partial charge >= 0.3 is 19.8 Å². The molecule has 5 saturated heterocycles. The second kappa shape index (κ2) is 12.3. The van der Waals surface area contributed by atoms with Crippen LogP contribution < -0.4 is 42.5 Å². The van der Waals surface area contributed by atoms with Crippen LogP contribution in [0.25, 0.3) is 0 Å². The Morgan fingerprint density at radius 2 is 0.571 bits per heavy atom. The minimum absolute atomic E-state index is 0. The first-order valence-electron chi connectivity index (χ1n) is 17.9. The van der Waals surface area contributed by atoms with Crippen LogP contribution in [0.3, 0.4) is 0 Å². The second-order valence-electron chi connectivity index (χ2n) is 15.7. The molecule has 0 aromatic heterocycles. The topological polar surface area (TPSA) is 96.2 Å². The monoisotopic (exact) mass is 658 g/mol. The van der Waals surface area contributed by atoms with Crippen LogP contribution in [-0.4, -0.2) is 74.5 Å². The standard InChI is InChI=1S/C32H55ClN8.Ga.3H/c33-23-15-7-14-22-24(23)32-40-30-21-13-6-5-12-20(21)28(38-30)36-26-17-9-2-1-8-16(17)25(34-26)35-27-18-10-3-4-11-19(18)29(37-27)39-31(22)41-32;;;;/h16-32,34-41H,1-15H2;;;;. The molecule has 9 rings (SSSR count). The molecule has 236 valence electrons. The van der Waals surface area contributed by atoms with Gasteiger partial charge in [0.2, 0.25) is 0 Å². The van der Waals surface area contributed by atoms with E-state index in [4.69, 9.17) is 11.6 Å². The zero-order valence-electron chi connectivity index (χ0n) is 24.8. The Hall–Kier alpha value is 0.606. The summed E-state index contributed by atoms with van der Waals surface area (Å²) in [5, 5.41) is 33.8. The summed E-state index contributed by atoms with van der Waals surface area (Å²) < 4.78 is 0. The van der Waals surface area contributed by atoms with Gasteiger partial charge in [-0.1, -0.05) is 44.9 Å². The number of rotatable bonds is 0. The molecular weight excluding hydrogens is 602 g/mol. The van der Waals surface area contributed by atoms with Gasteiger partial charge in [-0.05, 0) is 92.8 Å². The average molecular weight is 660 g/mol. The van der Waals surface area contributed by atoms with Crippen LogP contribution in [0.5, 0.6) is 0 Å². The maximum absolute atomic E-state index is 7.19. The van der Waals surface area contributed by atoms with Gasteiger partial charge in [0.1, 0.15) is 0 Å². The average Bonchev–Trinajstić information content (AvgIpc) is 3.73. The molecule has 17 unspecified atom stereocenters. The molecule has 8 N–H and O–H groups in total. The van der Waals surface area contributed by atoms with Gasteiger partial charge in [-0.15, -0.1) is 11.6 Å². The molecule has 0 aromatic rings. The second-order valence-corrected chi connectivity index (χ2v) is 16.2. The Morgan fingerprint density at radius 1 is 0.310 bits per heavy atom. The predicted octanol–water partition coefficient (Wildman–Crippen LogP) is 1.64. The molecule has 9 aliphatic rings. The molecule has 17 atom stereocenters. The molecule has 0 spiro atoms. The van der Waals surface area contributed by atoms with Gasteiger partial charge in [0.25, 0.3) is 0 Å². The van der Waals surface area contributed by atoms with E-state index < -0.39 is 0 Å². The van der Waals surface area contributed by atoms with Crippen molar-refractivity contribution in [2.45, 2.75) is 151 Å². The summed E-state index contributed by atoms with van der Waals surface area (Å²) in [5.41, 5.74) is 0. The van der Waals surface area contributed by atoms with Crippen molar-refractivity contribution < 1.29 is 0 Å². The molecule has 0 amide bonds. The molecule has 5 aliphatic heterocycles. The van der Waals surface area contributed by atoms with Gasteiger partial charge in [-0.2, -0.15) is 0 Å². The number of alkyl halides is 1. The number of hydrogen-bond acceptors (Lipinski definition) is 8. The normalized spacial score (nSPS) is 56.9. The summed E-state index contributed by atoms with van der Waals surface area (Å²) in [5.74, 6) is 5.34. The van der Waals surface area contributed by atoms with Crippen LogP contribution in [0.2, 0.25) is 0 Å². The summed E-state index contributed by atoms with van der Waals surface area (Å²) in [7, 11) is 0. The van der Waals surface area contributed by atoms with E-state index in [2.05, 4.69) is 42.5 Å². The van der Waals surface area contributed by atoms with Gasteiger partial charge in [0.05, 0.1) is 49.3 Å². The maximum atomic E-state index is 7.19. The first-order chi connectivity index (χ1) is 20.2. The fourth-order valence-electron chi connectivity index (χ4n) is 12.0. The van der Waals surface area contributed by atoms with Gasteiger partial charge < -0.3 is 0 Å². The van der Waals surface area contributed by atoms with Crippen LogP contribution >= 0.6 is 11.6 Å².